The van der Waals surface area contributed by atoms with Crippen molar-refractivity contribution in [2.75, 3.05) is 19.7 Å². The topological polar surface area (TPSA) is 83.6 Å². The molecule has 0 amide bonds. The van der Waals surface area contributed by atoms with E-state index in [1.807, 2.05) is 0 Å². The van der Waals surface area contributed by atoms with Gasteiger partial charge >= 0.3 is 0 Å². The first-order chi connectivity index (χ1) is 8.06. The van der Waals surface area contributed by atoms with Crippen LogP contribution >= 0.6 is 11.3 Å². The van der Waals surface area contributed by atoms with Crippen molar-refractivity contribution in [3.05, 3.63) is 29.0 Å². The molecular formula is C10H16N2O3S2. The Kier molecular flexibility index (Phi) is 5.29. The van der Waals surface area contributed by atoms with Gasteiger partial charge in [-0.1, -0.05) is 6.08 Å². The van der Waals surface area contributed by atoms with Crippen molar-refractivity contribution >= 4 is 21.4 Å². The average Bonchev–Trinajstić information content (AvgIpc) is 2.78. The summed E-state index contributed by atoms with van der Waals surface area (Å²) in [6.07, 6.45) is 1.49. The van der Waals surface area contributed by atoms with Crippen LogP contribution < -0.4 is 5.73 Å². The van der Waals surface area contributed by atoms with E-state index in [1.54, 1.807) is 11.4 Å². The number of hydrogen-bond donors (Lipinski definition) is 2. The summed E-state index contributed by atoms with van der Waals surface area (Å²) < 4.78 is 25.5. The van der Waals surface area contributed by atoms with E-state index in [-0.39, 0.29) is 24.6 Å². The zero-order valence-electron chi connectivity index (χ0n) is 9.37. The largest absolute Gasteiger partial charge is 0.395 e. The van der Waals surface area contributed by atoms with E-state index < -0.39 is 10.0 Å². The third kappa shape index (κ3) is 3.36. The lowest BCUT2D eigenvalue weighted by Crippen LogP contribution is -2.33. The number of sulfonamides is 1. The number of aliphatic hydroxyl groups is 1. The number of thiophene rings is 1. The molecule has 0 saturated carbocycles. The molecule has 1 heterocycles. The van der Waals surface area contributed by atoms with Crippen molar-refractivity contribution in [2.45, 2.75) is 11.4 Å². The molecular weight excluding hydrogens is 260 g/mol. The minimum absolute atomic E-state index is 0.0577. The fraction of sp³-hybridized carbons (Fsp3) is 0.400. The number of aliphatic hydroxyl groups excluding tert-OH is 1. The summed E-state index contributed by atoms with van der Waals surface area (Å²) in [5.41, 5.74) is 5.45. The molecule has 0 aliphatic rings. The number of nitrogens with two attached hydrogens (primary N) is 1. The first-order valence-electron chi connectivity index (χ1n) is 5.05. The number of nitrogens with zero attached hydrogens (tertiary/aromatic N) is 1. The Morgan fingerprint density at radius 3 is 2.76 bits per heavy atom. The summed E-state index contributed by atoms with van der Waals surface area (Å²) in [5.74, 6) is 0. The molecule has 0 bridgehead atoms. The van der Waals surface area contributed by atoms with E-state index in [0.717, 1.165) is 4.88 Å². The van der Waals surface area contributed by atoms with Gasteiger partial charge in [-0.05, 0) is 6.07 Å². The summed E-state index contributed by atoms with van der Waals surface area (Å²) >= 11 is 1.31. The molecule has 96 valence electrons. The molecule has 0 aliphatic heterocycles. The molecule has 0 radical (unpaired) electrons. The van der Waals surface area contributed by atoms with E-state index in [1.165, 1.54) is 21.7 Å². The minimum Gasteiger partial charge on any atom is -0.395 e. The highest BCUT2D eigenvalue weighted by atomic mass is 32.2. The highest BCUT2D eigenvalue weighted by molar-refractivity contribution is 7.89. The lowest BCUT2D eigenvalue weighted by molar-refractivity contribution is 0.260. The van der Waals surface area contributed by atoms with Gasteiger partial charge in [-0.15, -0.1) is 17.9 Å². The quantitative estimate of drug-likeness (QED) is 0.705. The van der Waals surface area contributed by atoms with Crippen LogP contribution in [0.5, 0.6) is 0 Å². The third-order valence-corrected chi connectivity index (χ3v) is 5.10. The van der Waals surface area contributed by atoms with Gasteiger partial charge in [0.15, 0.2) is 0 Å². The molecule has 17 heavy (non-hydrogen) atoms. The number of hydrogen-bond acceptors (Lipinski definition) is 5. The van der Waals surface area contributed by atoms with Crippen LogP contribution in [-0.2, 0) is 16.6 Å². The molecule has 0 spiro atoms. The van der Waals surface area contributed by atoms with Gasteiger partial charge in [-0.3, -0.25) is 0 Å². The average molecular weight is 276 g/mol. The highest BCUT2D eigenvalue weighted by Crippen LogP contribution is 2.22. The van der Waals surface area contributed by atoms with E-state index in [0.29, 0.717) is 6.54 Å². The molecule has 3 N–H and O–H groups in total. The maximum atomic E-state index is 12.2. The third-order valence-electron chi connectivity index (χ3n) is 2.15. The van der Waals surface area contributed by atoms with Crippen LogP contribution in [0.3, 0.4) is 0 Å². The van der Waals surface area contributed by atoms with Crippen LogP contribution in [0.4, 0.5) is 0 Å². The summed E-state index contributed by atoms with van der Waals surface area (Å²) in [7, 11) is -3.56. The molecule has 1 aromatic heterocycles. The SMILES string of the molecule is C=CCN(CCO)S(=O)(=O)c1csc(CN)c1. The van der Waals surface area contributed by atoms with Crippen molar-refractivity contribution in [1.29, 1.82) is 0 Å². The van der Waals surface area contributed by atoms with Crippen LogP contribution in [0.1, 0.15) is 4.88 Å². The van der Waals surface area contributed by atoms with E-state index >= 15 is 0 Å². The van der Waals surface area contributed by atoms with Crippen LogP contribution in [-0.4, -0.2) is 37.5 Å². The molecule has 0 aromatic carbocycles. The zero-order chi connectivity index (χ0) is 12.9. The molecule has 1 aromatic rings. The first-order valence-corrected chi connectivity index (χ1v) is 7.37. The number of rotatable bonds is 7. The van der Waals surface area contributed by atoms with Crippen molar-refractivity contribution in [1.82, 2.24) is 4.31 Å². The Hall–Kier alpha value is -0.730. The van der Waals surface area contributed by atoms with Crippen molar-refractivity contribution < 1.29 is 13.5 Å². The van der Waals surface area contributed by atoms with Crippen LogP contribution in [0.2, 0.25) is 0 Å². The summed E-state index contributed by atoms with van der Waals surface area (Å²) in [6, 6.07) is 1.56. The van der Waals surface area contributed by atoms with E-state index in [2.05, 4.69) is 6.58 Å². The second-order valence-electron chi connectivity index (χ2n) is 3.33. The standard InChI is InChI=1S/C10H16N2O3S2/c1-2-3-12(4-5-13)17(14,15)10-6-9(7-11)16-8-10/h2,6,8,13H,1,3-5,7,11H2. The van der Waals surface area contributed by atoms with Crippen molar-refractivity contribution in [3.63, 3.8) is 0 Å². The van der Waals surface area contributed by atoms with Crippen molar-refractivity contribution in [3.8, 4) is 0 Å². The second kappa shape index (κ2) is 6.27. The molecule has 1 rings (SSSR count). The molecule has 0 atom stereocenters. The highest BCUT2D eigenvalue weighted by Gasteiger charge is 2.23. The summed E-state index contributed by atoms with van der Waals surface area (Å²) in [6.45, 7) is 3.84. The summed E-state index contributed by atoms with van der Waals surface area (Å²) in [4.78, 5) is 1.03. The Labute approximate surface area is 105 Å². The Morgan fingerprint density at radius 2 is 2.29 bits per heavy atom. The maximum absolute atomic E-state index is 12.2. The molecule has 7 heteroatoms. The van der Waals surface area contributed by atoms with Crippen LogP contribution in [0.25, 0.3) is 0 Å². The van der Waals surface area contributed by atoms with E-state index in [4.69, 9.17) is 10.8 Å². The fourth-order valence-corrected chi connectivity index (χ4v) is 3.86. The maximum Gasteiger partial charge on any atom is 0.244 e. The minimum atomic E-state index is -3.56. The van der Waals surface area contributed by atoms with Gasteiger partial charge in [0, 0.05) is 29.9 Å². The Balaban J connectivity index is 3.02. The molecule has 0 aliphatic carbocycles. The molecule has 0 fully saturated rings. The summed E-state index contributed by atoms with van der Waals surface area (Å²) in [5, 5.41) is 10.4. The fourth-order valence-electron chi connectivity index (χ4n) is 1.32. The monoisotopic (exact) mass is 276 g/mol. The van der Waals surface area contributed by atoms with Gasteiger partial charge in [0.25, 0.3) is 0 Å². The van der Waals surface area contributed by atoms with Crippen molar-refractivity contribution in [2.24, 2.45) is 5.73 Å². The van der Waals surface area contributed by atoms with Crippen LogP contribution in [0.15, 0.2) is 29.0 Å². The van der Waals surface area contributed by atoms with Gasteiger partial charge < -0.3 is 10.8 Å². The second-order valence-corrected chi connectivity index (χ2v) is 6.26. The van der Waals surface area contributed by atoms with Gasteiger partial charge in [-0.25, -0.2) is 8.42 Å². The normalized spacial score (nSPS) is 11.9. The van der Waals surface area contributed by atoms with Gasteiger partial charge in [-0.2, -0.15) is 4.31 Å². The van der Waals surface area contributed by atoms with Gasteiger partial charge in [0.2, 0.25) is 10.0 Å². The molecule has 0 unspecified atom stereocenters. The predicted octanol–water partition coefficient (Wildman–Crippen LogP) is 0.376. The zero-order valence-corrected chi connectivity index (χ0v) is 11.0. The van der Waals surface area contributed by atoms with E-state index in [9.17, 15) is 8.42 Å². The predicted molar refractivity (Wildman–Crippen MR) is 68.3 cm³/mol. The first kappa shape index (κ1) is 14.3. The lowest BCUT2D eigenvalue weighted by atomic mass is 10.5. The Morgan fingerprint density at radius 1 is 1.59 bits per heavy atom. The lowest BCUT2D eigenvalue weighted by Gasteiger charge is -2.18. The van der Waals surface area contributed by atoms with Gasteiger partial charge in [0.1, 0.15) is 0 Å². The molecule has 0 saturated heterocycles. The van der Waals surface area contributed by atoms with Gasteiger partial charge in [0.05, 0.1) is 11.5 Å². The smallest absolute Gasteiger partial charge is 0.244 e. The van der Waals surface area contributed by atoms with Crippen LogP contribution in [0, 0.1) is 0 Å². The molecule has 5 nitrogen and oxygen atoms in total. The Bertz CT molecular complexity index is 468.